The number of nitrogens with zero attached hydrogens (tertiary/aromatic N) is 1. The SMILES string of the molecule is Cc1ccc(C(O)Cc2nc(C(C)(C)C)cs2)cc1. The van der Waals surface area contributed by atoms with Crippen molar-refractivity contribution in [1.29, 1.82) is 0 Å². The maximum atomic E-state index is 10.2. The zero-order valence-corrected chi connectivity index (χ0v) is 12.8. The van der Waals surface area contributed by atoms with Gasteiger partial charge < -0.3 is 5.11 Å². The minimum absolute atomic E-state index is 0.0730. The summed E-state index contributed by atoms with van der Waals surface area (Å²) in [5, 5.41) is 13.3. The van der Waals surface area contributed by atoms with Crippen molar-refractivity contribution in [1.82, 2.24) is 4.98 Å². The molecule has 2 aromatic rings. The van der Waals surface area contributed by atoms with Gasteiger partial charge in [-0.05, 0) is 12.5 Å². The Balaban J connectivity index is 2.08. The number of aromatic nitrogens is 1. The zero-order valence-electron chi connectivity index (χ0n) is 12.0. The molecule has 1 atom stereocenters. The van der Waals surface area contributed by atoms with E-state index in [0.717, 1.165) is 16.3 Å². The predicted molar refractivity (Wildman–Crippen MR) is 80.7 cm³/mol. The van der Waals surface area contributed by atoms with Crippen LogP contribution in [0.15, 0.2) is 29.6 Å². The van der Waals surface area contributed by atoms with Crippen LogP contribution in [-0.4, -0.2) is 10.1 Å². The van der Waals surface area contributed by atoms with E-state index in [4.69, 9.17) is 0 Å². The van der Waals surface area contributed by atoms with Crippen LogP contribution >= 0.6 is 11.3 Å². The van der Waals surface area contributed by atoms with Gasteiger partial charge in [-0.3, -0.25) is 0 Å². The van der Waals surface area contributed by atoms with E-state index >= 15 is 0 Å². The Hall–Kier alpha value is -1.19. The molecule has 1 aromatic heterocycles. The number of benzene rings is 1. The van der Waals surface area contributed by atoms with Crippen LogP contribution in [0.25, 0.3) is 0 Å². The Morgan fingerprint density at radius 1 is 1.21 bits per heavy atom. The van der Waals surface area contributed by atoms with Crippen molar-refractivity contribution in [3.8, 4) is 0 Å². The first-order valence-corrected chi connectivity index (χ1v) is 7.44. The first-order chi connectivity index (χ1) is 8.86. The third-order valence-electron chi connectivity index (χ3n) is 3.15. The van der Waals surface area contributed by atoms with E-state index in [2.05, 4.69) is 31.1 Å². The molecular weight excluding hydrogens is 254 g/mol. The Morgan fingerprint density at radius 3 is 2.37 bits per heavy atom. The molecule has 0 fully saturated rings. The lowest BCUT2D eigenvalue weighted by Gasteiger charge is -2.14. The fourth-order valence-electron chi connectivity index (χ4n) is 1.82. The molecule has 1 unspecified atom stereocenters. The number of hydrogen-bond donors (Lipinski definition) is 1. The van der Waals surface area contributed by atoms with Crippen LogP contribution in [0.1, 0.15) is 48.7 Å². The third kappa shape index (κ3) is 3.64. The molecule has 0 aliphatic carbocycles. The number of aliphatic hydroxyl groups excluding tert-OH is 1. The van der Waals surface area contributed by atoms with Gasteiger partial charge >= 0.3 is 0 Å². The van der Waals surface area contributed by atoms with E-state index in [1.807, 2.05) is 31.2 Å². The molecule has 0 amide bonds. The molecule has 1 N–H and O–H groups in total. The van der Waals surface area contributed by atoms with Crippen molar-refractivity contribution in [3.63, 3.8) is 0 Å². The van der Waals surface area contributed by atoms with Crippen molar-refractivity contribution in [2.75, 3.05) is 0 Å². The maximum Gasteiger partial charge on any atom is 0.0957 e. The minimum atomic E-state index is -0.473. The summed E-state index contributed by atoms with van der Waals surface area (Å²) in [4.78, 5) is 4.62. The summed E-state index contributed by atoms with van der Waals surface area (Å²) in [6.45, 7) is 8.51. The minimum Gasteiger partial charge on any atom is -0.388 e. The molecule has 0 spiro atoms. The summed E-state index contributed by atoms with van der Waals surface area (Å²) in [7, 11) is 0. The van der Waals surface area contributed by atoms with Crippen LogP contribution in [0.4, 0.5) is 0 Å². The van der Waals surface area contributed by atoms with Crippen molar-refractivity contribution < 1.29 is 5.11 Å². The molecule has 102 valence electrons. The Bertz CT molecular complexity index is 537. The Morgan fingerprint density at radius 2 is 1.84 bits per heavy atom. The average Bonchev–Trinajstić information content (AvgIpc) is 2.78. The molecule has 1 aromatic carbocycles. The highest BCUT2D eigenvalue weighted by molar-refractivity contribution is 7.09. The molecule has 3 heteroatoms. The van der Waals surface area contributed by atoms with Gasteiger partial charge in [0.1, 0.15) is 0 Å². The van der Waals surface area contributed by atoms with Gasteiger partial charge in [-0.2, -0.15) is 0 Å². The standard InChI is InChI=1S/C16H21NOS/c1-11-5-7-12(8-6-11)13(18)9-15-17-14(10-19-15)16(2,3)4/h5-8,10,13,18H,9H2,1-4H3. The van der Waals surface area contributed by atoms with Crippen molar-refractivity contribution in [2.24, 2.45) is 0 Å². The van der Waals surface area contributed by atoms with Crippen LogP contribution in [0, 0.1) is 6.92 Å². The molecule has 0 aliphatic rings. The van der Waals surface area contributed by atoms with Crippen molar-refractivity contribution in [3.05, 3.63) is 51.5 Å². The molecule has 19 heavy (non-hydrogen) atoms. The maximum absolute atomic E-state index is 10.2. The summed E-state index contributed by atoms with van der Waals surface area (Å²) in [6.07, 6.45) is 0.114. The summed E-state index contributed by atoms with van der Waals surface area (Å²) in [5.74, 6) is 0. The first-order valence-electron chi connectivity index (χ1n) is 6.56. The van der Waals surface area contributed by atoms with Crippen LogP contribution in [0.3, 0.4) is 0 Å². The van der Waals surface area contributed by atoms with Crippen LogP contribution in [0.2, 0.25) is 0 Å². The van der Waals surface area contributed by atoms with E-state index in [0.29, 0.717) is 6.42 Å². The van der Waals surface area contributed by atoms with E-state index in [1.54, 1.807) is 11.3 Å². The second-order valence-corrected chi connectivity index (χ2v) is 6.95. The second kappa shape index (κ2) is 5.43. The molecule has 2 rings (SSSR count). The molecule has 0 saturated heterocycles. The first kappa shape index (κ1) is 14.2. The smallest absolute Gasteiger partial charge is 0.0957 e. The summed E-state index contributed by atoms with van der Waals surface area (Å²) >= 11 is 1.63. The highest BCUT2D eigenvalue weighted by Gasteiger charge is 2.18. The van der Waals surface area contributed by atoms with E-state index < -0.39 is 6.10 Å². The highest BCUT2D eigenvalue weighted by Crippen LogP contribution is 2.26. The highest BCUT2D eigenvalue weighted by atomic mass is 32.1. The molecule has 1 heterocycles. The van der Waals surface area contributed by atoms with Crippen molar-refractivity contribution >= 4 is 11.3 Å². The lowest BCUT2D eigenvalue weighted by molar-refractivity contribution is 0.178. The lowest BCUT2D eigenvalue weighted by atomic mass is 9.93. The number of thiazole rings is 1. The van der Waals surface area contributed by atoms with Gasteiger partial charge in [0.2, 0.25) is 0 Å². The molecular formula is C16H21NOS. The van der Waals surface area contributed by atoms with Gasteiger partial charge in [-0.15, -0.1) is 11.3 Å². The average molecular weight is 275 g/mol. The van der Waals surface area contributed by atoms with Crippen molar-refractivity contribution in [2.45, 2.75) is 45.6 Å². The van der Waals surface area contributed by atoms with Crippen LogP contribution in [-0.2, 0) is 11.8 Å². The van der Waals surface area contributed by atoms with Crippen LogP contribution < -0.4 is 0 Å². The topological polar surface area (TPSA) is 33.1 Å². The van der Waals surface area contributed by atoms with Gasteiger partial charge in [-0.25, -0.2) is 4.98 Å². The Labute approximate surface area is 119 Å². The van der Waals surface area contributed by atoms with Gasteiger partial charge in [0.05, 0.1) is 16.8 Å². The normalized spacial score (nSPS) is 13.5. The summed E-state index contributed by atoms with van der Waals surface area (Å²) in [5.41, 5.74) is 3.34. The molecule has 2 nitrogen and oxygen atoms in total. The summed E-state index contributed by atoms with van der Waals surface area (Å²) in [6, 6.07) is 8.03. The quantitative estimate of drug-likeness (QED) is 0.917. The van der Waals surface area contributed by atoms with Gasteiger partial charge in [0.15, 0.2) is 0 Å². The fraction of sp³-hybridized carbons (Fsp3) is 0.438. The Kier molecular flexibility index (Phi) is 4.07. The van der Waals surface area contributed by atoms with Gasteiger partial charge in [-0.1, -0.05) is 50.6 Å². The predicted octanol–water partition coefficient (Wildman–Crippen LogP) is 4.03. The van der Waals surface area contributed by atoms with E-state index in [9.17, 15) is 5.11 Å². The van der Waals surface area contributed by atoms with Gasteiger partial charge in [0.25, 0.3) is 0 Å². The number of hydrogen-bond acceptors (Lipinski definition) is 3. The van der Waals surface area contributed by atoms with Gasteiger partial charge in [0, 0.05) is 17.2 Å². The number of rotatable bonds is 3. The monoisotopic (exact) mass is 275 g/mol. The number of aliphatic hydroxyl groups is 1. The lowest BCUT2D eigenvalue weighted by Crippen LogP contribution is -2.12. The second-order valence-electron chi connectivity index (χ2n) is 6.01. The van der Waals surface area contributed by atoms with E-state index in [1.165, 1.54) is 5.56 Å². The number of aryl methyl sites for hydroxylation is 1. The molecule has 0 bridgehead atoms. The molecule has 0 saturated carbocycles. The summed E-state index contributed by atoms with van der Waals surface area (Å²) < 4.78 is 0. The molecule has 0 radical (unpaired) electrons. The van der Waals surface area contributed by atoms with E-state index in [-0.39, 0.29) is 5.41 Å². The van der Waals surface area contributed by atoms with Crippen LogP contribution in [0.5, 0.6) is 0 Å². The fourth-order valence-corrected chi connectivity index (χ4v) is 2.88. The third-order valence-corrected chi connectivity index (χ3v) is 4.02. The molecule has 0 aliphatic heterocycles. The zero-order chi connectivity index (χ0) is 14.0. The largest absolute Gasteiger partial charge is 0.388 e.